The van der Waals surface area contributed by atoms with Gasteiger partial charge in [-0.1, -0.05) is 24.6 Å². The van der Waals surface area contributed by atoms with Crippen molar-refractivity contribution in [3.8, 4) is 0 Å². The van der Waals surface area contributed by atoms with Crippen molar-refractivity contribution >= 4 is 39.9 Å². The van der Waals surface area contributed by atoms with E-state index in [2.05, 4.69) is 20.8 Å². The highest BCUT2D eigenvalue weighted by atomic mass is 32.2. The molecule has 8 nitrogen and oxygen atoms in total. The lowest BCUT2D eigenvalue weighted by molar-refractivity contribution is -0.113. The summed E-state index contributed by atoms with van der Waals surface area (Å²) in [5.74, 6) is -0.468. The van der Waals surface area contributed by atoms with Crippen LogP contribution in [0.3, 0.4) is 0 Å². The molecule has 2 aromatic rings. The number of aryl methyl sites for hydroxylation is 1. The van der Waals surface area contributed by atoms with Crippen LogP contribution in [0.4, 0.5) is 5.00 Å². The third-order valence-corrected chi connectivity index (χ3v) is 7.03. The molecule has 0 bridgehead atoms. The molecular weight excluding hydrogens is 372 g/mol. The Labute approximate surface area is 158 Å². The van der Waals surface area contributed by atoms with E-state index in [0.29, 0.717) is 21.8 Å². The smallest absolute Gasteiger partial charge is 0.251 e. The molecule has 1 fully saturated rings. The first-order valence-electron chi connectivity index (χ1n) is 8.78. The second kappa shape index (κ2) is 7.36. The summed E-state index contributed by atoms with van der Waals surface area (Å²) in [5, 5.41) is 16.0. The molecule has 26 heavy (non-hydrogen) atoms. The summed E-state index contributed by atoms with van der Waals surface area (Å²) in [7, 11) is 0. The Morgan fingerprint density at radius 2 is 2.08 bits per heavy atom. The van der Waals surface area contributed by atoms with Crippen molar-refractivity contribution in [1.82, 2.24) is 20.2 Å². The number of hydrogen-bond donors (Lipinski definition) is 2. The molecular formula is C16H20N6O2S2. The lowest BCUT2D eigenvalue weighted by Gasteiger charge is -2.10. The third-order valence-electron chi connectivity index (χ3n) is 4.89. The van der Waals surface area contributed by atoms with E-state index in [1.807, 2.05) is 4.68 Å². The average molecular weight is 393 g/mol. The first-order chi connectivity index (χ1) is 12.6. The van der Waals surface area contributed by atoms with Crippen LogP contribution in [0.2, 0.25) is 0 Å². The third kappa shape index (κ3) is 3.35. The lowest BCUT2D eigenvalue weighted by atomic mass is 10.1. The fourth-order valence-electron chi connectivity index (χ4n) is 3.70. The number of thiophene rings is 1. The number of carbonyl (C=O) groups excluding carboxylic acids is 2. The van der Waals surface area contributed by atoms with E-state index in [9.17, 15) is 9.59 Å². The minimum Gasteiger partial charge on any atom is -0.365 e. The second-order valence-corrected chi connectivity index (χ2v) is 8.65. The predicted octanol–water partition coefficient (Wildman–Crippen LogP) is 2.17. The number of carbonyl (C=O) groups is 2. The van der Waals surface area contributed by atoms with Crippen molar-refractivity contribution in [2.24, 2.45) is 5.73 Å². The van der Waals surface area contributed by atoms with Gasteiger partial charge in [0.05, 0.1) is 17.4 Å². The van der Waals surface area contributed by atoms with Gasteiger partial charge in [-0.05, 0) is 48.1 Å². The standard InChI is InChI=1S/C16H20N6O2S2/c17-14(24)13-10-6-3-7-11(10)26-15(13)18-12(23)8-25-16-19-20-21-22(16)9-4-1-2-5-9/h9H,1-8H2,(H2,17,24)(H,18,23). The summed E-state index contributed by atoms with van der Waals surface area (Å²) < 4.78 is 1.83. The van der Waals surface area contributed by atoms with Gasteiger partial charge in [0.1, 0.15) is 5.00 Å². The zero-order chi connectivity index (χ0) is 18.1. The quantitative estimate of drug-likeness (QED) is 0.728. The highest BCUT2D eigenvalue weighted by Gasteiger charge is 2.26. The molecule has 2 aromatic heterocycles. The minimum absolute atomic E-state index is 0.182. The maximum Gasteiger partial charge on any atom is 0.251 e. The molecule has 138 valence electrons. The number of nitrogens with one attached hydrogen (secondary N) is 1. The monoisotopic (exact) mass is 392 g/mol. The molecule has 2 heterocycles. The summed E-state index contributed by atoms with van der Waals surface area (Å²) in [6.07, 6.45) is 7.37. The molecule has 0 unspecified atom stereocenters. The summed E-state index contributed by atoms with van der Waals surface area (Å²) in [4.78, 5) is 25.3. The van der Waals surface area contributed by atoms with E-state index in [1.54, 1.807) is 0 Å². The van der Waals surface area contributed by atoms with Gasteiger partial charge >= 0.3 is 0 Å². The van der Waals surface area contributed by atoms with Crippen molar-refractivity contribution in [2.75, 3.05) is 11.1 Å². The molecule has 0 atom stereocenters. The van der Waals surface area contributed by atoms with Crippen LogP contribution in [0.1, 0.15) is 58.9 Å². The Kier molecular flexibility index (Phi) is 4.94. The zero-order valence-electron chi connectivity index (χ0n) is 14.2. The molecule has 0 saturated heterocycles. The van der Waals surface area contributed by atoms with Crippen molar-refractivity contribution in [1.29, 1.82) is 0 Å². The molecule has 4 rings (SSSR count). The Hall–Kier alpha value is -1.94. The number of amides is 2. The van der Waals surface area contributed by atoms with E-state index < -0.39 is 5.91 Å². The van der Waals surface area contributed by atoms with Gasteiger partial charge in [0.2, 0.25) is 11.1 Å². The van der Waals surface area contributed by atoms with Crippen LogP contribution in [-0.4, -0.2) is 37.8 Å². The number of rotatable bonds is 6. The van der Waals surface area contributed by atoms with Crippen LogP contribution in [0, 0.1) is 0 Å². The topological polar surface area (TPSA) is 116 Å². The van der Waals surface area contributed by atoms with Crippen LogP contribution < -0.4 is 11.1 Å². The van der Waals surface area contributed by atoms with Gasteiger partial charge < -0.3 is 11.1 Å². The van der Waals surface area contributed by atoms with Crippen LogP contribution in [0.15, 0.2) is 5.16 Å². The fraction of sp³-hybridized carbons (Fsp3) is 0.562. The van der Waals surface area contributed by atoms with Gasteiger partial charge in [-0.3, -0.25) is 9.59 Å². The normalized spacial score (nSPS) is 16.8. The van der Waals surface area contributed by atoms with Crippen LogP contribution >= 0.6 is 23.1 Å². The van der Waals surface area contributed by atoms with Gasteiger partial charge in [-0.25, -0.2) is 4.68 Å². The Balaban J connectivity index is 1.41. The Morgan fingerprint density at radius 3 is 2.85 bits per heavy atom. The number of thioether (sulfide) groups is 1. The van der Waals surface area contributed by atoms with Crippen LogP contribution in [0.25, 0.3) is 0 Å². The molecule has 0 aromatic carbocycles. The Bertz CT molecular complexity index is 840. The van der Waals surface area contributed by atoms with Crippen molar-refractivity contribution < 1.29 is 9.59 Å². The molecule has 0 aliphatic heterocycles. The maximum absolute atomic E-state index is 12.4. The largest absolute Gasteiger partial charge is 0.365 e. The molecule has 2 aliphatic rings. The van der Waals surface area contributed by atoms with Crippen molar-refractivity contribution in [3.63, 3.8) is 0 Å². The summed E-state index contributed by atoms with van der Waals surface area (Å²) in [5.41, 5.74) is 7.02. The summed E-state index contributed by atoms with van der Waals surface area (Å²) in [6, 6.07) is 0.331. The highest BCUT2D eigenvalue weighted by molar-refractivity contribution is 7.99. The van der Waals surface area contributed by atoms with Gasteiger partial charge in [-0.15, -0.1) is 16.4 Å². The first kappa shape index (κ1) is 17.5. The summed E-state index contributed by atoms with van der Waals surface area (Å²) >= 11 is 2.78. The van der Waals surface area contributed by atoms with Crippen molar-refractivity contribution in [2.45, 2.75) is 56.1 Å². The molecule has 0 radical (unpaired) electrons. The molecule has 0 spiro atoms. The van der Waals surface area contributed by atoms with E-state index >= 15 is 0 Å². The lowest BCUT2D eigenvalue weighted by Crippen LogP contribution is -2.19. The van der Waals surface area contributed by atoms with Crippen molar-refractivity contribution in [3.05, 3.63) is 16.0 Å². The number of nitrogens with zero attached hydrogens (tertiary/aromatic N) is 4. The first-order valence-corrected chi connectivity index (χ1v) is 10.6. The number of hydrogen-bond acceptors (Lipinski definition) is 7. The van der Waals surface area contributed by atoms with Gasteiger partial charge in [0.25, 0.3) is 5.91 Å². The Morgan fingerprint density at radius 1 is 1.27 bits per heavy atom. The fourth-order valence-corrected chi connectivity index (χ4v) is 5.76. The maximum atomic E-state index is 12.4. The number of tetrazole rings is 1. The average Bonchev–Trinajstić information content (AvgIpc) is 3.35. The number of aromatic nitrogens is 4. The van der Waals surface area contributed by atoms with E-state index in [4.69, 9.17) is 5.73 Å². The van der Waals surface area contributed by atoms with Gasteiger partial charge in [0, 0.05) is 4.88 Å². The number of anilines is 1. The summed E-state index contributed by atoms with van der Waals surface area (Å²) in [6.45, 7) is 0. The van der Waals surface area contributed by atoms with E-state index in [-0.39, 0.29) is 11.7 Å². The highest BCUT2D eigenvalue weighted by Crippen LogP contribution is 2.39. The zero-order valence-corrected chi connectivity index (χ0v) is 15.9. The van der Waals surface area contributed by atoms with Crippen LogP contribution in [0.5, 0.6) is 0 Å². The van der Waals surface area contributed by atoms with E-state index in [1.165, 1.54) is 35.9 Å². The van der Waals surface area contributed by atoms with Gasteiger partial charge in [-0.2, -0.15) is 0 Å². The number of primary amides is 1. The minimum atomic E-state index is -0.475. The number of fused-ring (bicyclic) bond motifs is 1. The molecule has 10 heteroatoms. The molecule has 2 aliphatic carbocycles. The second-order valence-electron chi connectivity index (χ2n) is 6.61. The number of nitrogens with two attached hydrogens (primary N) is 1. The predicted molar refractivity (Wildman–Crippen MR) is 99.5 cm³/mol. The molecule has 3 N–H and O–H groups in total. The van der Waals surface area contributed by atoms with Crippen LogP contribution in [-0.2, 0) is 17.6 Å². The SMILES string of the molecule is NC(=O)c1c(NC(=O)CSc2nnnn2C2CCCC2)sc2c1CCC2. The molecule has 1 saturated carbocycles. The van der Waals surface area contributed by atoms with E-state index in [0.717, 1.165) is 42.5 Å². The molecule has 2 amide bonds. The van der Waals surface area contributed by atoms with Gasteiger partial charge in [0.15, 0.2) is 0 Å².